The van der Waals surface area contributed by atoms with Crippen LogP contribution in [0.1, 0.15) is 19.3 Å². The number of carbonyl (C=O) groups excluding carboxylic acids is 1. The minimum Gasteiger partial charge on any atom is -0.381 e. The summed E-state index contributed by atoms with van der Waals surface area (Å²) in [7, 11) is 0. The van der Waals surface area contributed by atoms with Gasteiger partial charge in [0.15, 0.2) is 0 Å². The quantitative estimate of drug-likeness (QED) is 0.915. The molecule has 1 aromatic carbocycles. The minimum absolute atomic E-state index is 0.100. The zero-order valence-corrected chi connectivity index (χ0v) is 12.3. The van der Waals surface area contributed by atoms with E-state index in [9.17, 15) is 4.79 Å². The molecule has 1 unspecified atom stereocenters. The maximum atomic E-state index is 12.5. The van der Waals surface area contributed by atoms with Crippen LogP contribution in [0.4, 0.5) is 5.82 Å². The number of hydrogen-bond donors (Lipinski definition) is 2. The van der Waals surface area contributed by atoms with Crippen molar-refractivity contribution in [2.24, 2.45) is 11.3 Å². The first-order valence-corrected chi connectivity index (χ1v) is 7.76. The van der Waals surface area contributed by atoms with Gasteiger partial charge in [0, 0.05) is 24.7 Å². The lowest BCUT2D eigenvalue weighted by Crippen LogP contribution is -2.24. The largest absolute Gasteiger partial charge is 0.381 e. The number of anilines is 1. The highest BCUT2D eigenvalue weighted by Crippen LogP contribution is 2.59. The molecular weight excluding hydrogens is 278 g/mol. The zero-order valence-electron chi connectivity index (χ0n) is 12.3. The van der Waals surface area contributed by atoms with Crippen LogP contribution in [0.15, 0.2) is 36.5 Å². The molecule has 1 saturated heterocycles. The Morgan fingerprint density at radius 1 is 1.27 bits per heavy atom. The number of benzene rings is 1. The van der Waals surface area contributed by atoms with Gasteiger partial charge in [0.1, 0.15) is 5.82 Å². The Labute approximate surface area is 129 Å². The van der Waals surface area contributed by atoms with Gasteiger partial charge in [0.2, 0.25) is 5.91 Å². The summed E-state index contributed by atoms with van der Waals surface area (Å²) in [5.74, 6) is 0.900. The van der Waals surface area contributed by atoms with Gasteiger partial charge < -0.3 is 10.1 Å². The van der Waals surface area contributed by atoms with Crippen molar-refractivity contribution in [2.45, 2.75) is 19.3 Å². The molecule has 2 heterocycles. The van der Waals surface area contributed by atoms with E-state index in [1.54, 1.807) is 6.20 Å². The van der Waals surface area contributed by atoms with Crippen molar-refractivity contribution >= 4 is 11.7 Å². The van der Waals surface area contributed by atoms with Gasteiger partial charge in [-0.05, 0) is 30.2 Å². The smallest absolute Gasteiger partial charge is 0.229 e. The van der Waals surface area contributed by atoms with E-state index >= 15 is 0 Å². The van der Waals surface area contributed by atoms with E-state index in [1.165, 1.54) is 0 Å². The number of carbonyl (C=O) groups is 1. The number of aromatic amines is 1. The van der Waals surface area contributed by atoms with E-state index < -0.39 is 0 Å². The number of H-pyrrole nitrogens is 1. The lowest BCUT2D eigenvalue weighted by Gasteiger charge is -2.22. The number of amides is 1. The molecule has 1 atom stereocenters. The molecule has 2 fully saturated rings. The van der Waals surface area contributed by atoms with Crippen LogP contribution in [-0.4, -0.2) is 29.3 Å². The second-order valence-corrected chi connectivity index (χ2v) is 6.25. The normalized spacial score (nSPS) is 22.5. The fraction of sp³-hybridized carbons (Fsp3) is 0.412. The molecule has 0 radical (unpaired) electrons. The third-order valence-corrected chi connectivity index (χ3v) is 4.97. The number of aromatic nitrogens is 2. The molecule has 2 aromatic rings. The van der Waals surface area contributed by atoms with Crippen LogP contribution in [0.2, 0.25) is 0 Å². The summed E-state index contributed by atoms with van der Waals surface area (Å²) in [5, 5.41) is 10.0. The number of rotatable bonds is 3. The molecule has 22 heavy (non-hydrogen) atoms. The molecule has 5 nitrogen and oxygen atoms in total. The van der Waals surface area contributed by atoms with E-state index in [1.807, 2.05) is 30.3 Å². The van der Waals surface area contributed by atoms with Gasteiger partial charge in [-0.25, -0.2) is 0 Å². The lowest BCUT2D eigenvalue weighted by atomic mass is 9.93. The molecule has 2 aliphatic rings. The van der Waals surface area contributed by atoms with E-state index in [-0.39, 0.29) is 17.2 Å². The SMILES string of the molecule is O=C(Nc1[nH]ncc1-c1ccccc1)C1CC12CCOCC2. The third-order valence-electron chi connectivity index (χ3n) is 4.97. The van der Waals surface area contributed by atoms with Crippen molar-refractivity contribution in [2.75, 3.05) is 18.5 Å². The first-order valence-electron chi connectivity index (χ1n) is 7.76. The van der Waals surface area contributed by atoms with Gasteiger partial charge in [-0.1, -0.05) is 30.3 Å². The van der Waals surface area contributed by atoms with Gasteiger partial charge in [0.25, 0.3) is 0 Å². The number of nitrogens with one attached hydrogen (secondary N) is 2. The van der Waals surface area contributed by atoms with Crippen LogP contribution in [0.5, 0.6) is 0 Å². The molecule has 4 rings (SSSR count). The molecule has 2 N–H and O–H groups in total. The average molecular weight is 297 g/mol. The monoisotopic (exact) mass is 297 g/mol. The third kappa shape index (κ3) is 2.31. The van der Waals surface area contributed by atoms with Crippen LogP contribution in [-0.2, 0) is 9.53 Å². The molecule has 0 bridgehead atoms. The molecule has 1 aliphatic carbocycles. The molecule has 5 heteroatoms. The maximum Gasteiger partial charge on any atom is 0.229 e. The van der Waals surface area contributed by atoms with Crippen LogP contribution < -0.4 is 5.32 Å². The standard InChI is InChI=1S/C17H19N3O2/c21-16(14-10-17(14)6-8-22-9-7-17)19-15-13(11-18-20-15)12-4-2-1-3-5-12/h1-5,11,14H,6-10H2,(H2,18,19,20,21). The van der Waals surface area contributed by atoms with E-state index in [0.717, 1.165) is 43.6 Å². The van der Waals surface area contributed by atoms with Crippen LogP contribution >= 0.6 is 0 Å². The lowest BCUT2D eigenvalue weighted by molar-refractivity contribution is -0.118. The Hall–Kier alpha value is -2.14. The van der Waals surface area contributed by atoms with Crippen molar-refractivity contribution in [3.05, 3.63) is 36.5 Å². The molecular formula is C17H19N3O2. The second-order valence-electron chi connectivity index (χ2n) is 6.25. The first-order chi connectivity index (χ1) is 10.8. The van der Waals surface area contributed by atoms with E-state index in [0.29, 0.717) is 5.82 Å². The fourth-order valence-electron chi connectivity index (χ4n) is 3.48. The summed E-state index contributed by atoms with van der Waals surface area (Å²) < 4.78 is 5.41. The number of nitrogens with zero attached hydrogens (tertiary/aromatic N) is 1. The summed E-state index contributed by atoms with van der Waals surface area (Å²) in [5.41, 5.74) is 2.16. The van der Waals surface area contributed by atoms with Gasteiger partial charge in [0.05, 0.1) is 6.20 Å². The number of ether oxygens (including phenoxy) is 1. The summed E-state index contributed by atoms with van der Waals surface area (Å²) in [6, 6.07) is 9.95. The van der Waals surface area contributed by atoms with Crippen LogP contribution in [0.3, 0.4) is 0 Å². The first kappa shape index (κ1) is 13.5. The average Bonchev–Trinajstić information content (AvgIpc) is 3.05. The Balaban J connectivity index is 1.49. The van der Waals surface area contributed by atoms with Crippen molar-refractivity contribution in [3.8, 4) is 11.1 Å². The Morgan fingerprint density at radius 2 is 2.05 bits per heavy atom. The molecule has 1 spiro atoms. The number of hydrogen-bond acceptors (Lipinski definition) is 3. The van der Waals surface area contributed by atoms with Gasteiger partial charge >= 0.3 is 0 Å². The van der Waals surface area contributed by atoms with Gasteiger partial charge in [-0.15, -0.1) is 0 Å². The Bertz CT molecular complexity index is 674. The van der Waals surface area contributed by atoms with Crippen LogP contribution in [0.25, 0.3) is 11.1 Å². The van der Waals surface area contributed by atoms with Crippen molar-refractivity contribution in [1.82, 2.24) is 10.2 Å². The predicted octanol–water partition coefficient (Wildman–Crippen LogP) is 2.83. The minimum atomic E-state index is 0.100. The Kier molecular flexibility index (Phi) is 3.22. The fourth-order valence-corrected chi connectivity index (χ4v) is 3.48. The zero-order chi connectivity index (χ0) is 15.0. The predicted molar refractivity (Wildman–Crippen MR) is 83.2 cm³/mol. The van der Waals surface area contributed by atoms with Crippen LogP contribution in [0, 0.1) is 11.3 Å². The molecule has 1 aliphatic heterocycles. The molecule has 1 saturated carbocycles. The summed E-state index contributed by atoms with van der Waals surface area (Å²) in [4.78, 5) is 12.5. The molecule has 1 amide bonds. The van der Waals surface area contributed by atoms with Gasteiger partial charge in [-0.3, -0.25) is 9.89 Å². The Morgan fingerprint density at radius 3 is 2.82 bits per heavy atom. The summed E-state index contributed by atoms with van der Waals surface area (Å²) in [6.45, 7) is 1.56. The van der Waals surface area contributed by atoms with Crippen molar-refractivity contribution in [3.63, 3.8) is 0 Å². The highest BCUT2D eigenvalue weighted by atomic mass is 16.5. The summed E-state index contributed by atoms with van der Waals surface area (Å²) in [6.07, 6.45) is 4.73. The summed E-state index contributed by atoms with van der Waals surface area (Å²) >= 11 is 0. The van der Waals surface area contributed by atoms with E-state index in [2.05, 4.69) is 15.5 Å². The highest BCUT2D eigenvalue weighted by Gasteiger charge is 2.58. The molecule has 114 valence electrons. The second kappa shape index (κ2) is 5.25. The van der Waals surface area contributed by atoms with Crippen molar-refractivity contribution in [1.29, 1.82) is 0 Å². The van der Waals surface area contributed by atoms with Gasteiger partial charge in [-0.2, -0.15) is 5.10 Å². The molecule has 1 aromatic heterocycles. The van der Waals surface area contributed by atoms with Crippen molar-refractivity contribution < 1.29 is 9.53 Å². The maximum absolute atomic E-state index is 12.5. The van der Waals surface area contributed by atoms with E-state index in [4.69, 9.17) is 4.74 Å². The highest BCUT2D eigenvalue weighted by molar-refractivity contribution is 5.97. The topological polar surface area (TPSA) is 67.0 Å².